The molecule has 1 saturated heterocycles. The Kier molecular flexibility index (Phi) is 11.3. The molecule has 1 aliphatic heterocycles. The van der Waals surface area contributed by atoms with E-state index in [0.717, 1.165) is 0 Å². The molecule has 1 aromatic heterocycles. The number of amides is 1. The van der Waals surface area contributed by atoms with Crippen LogP contribution in [0.2, 0.25) is 5.02 Å². The van der Waals surface area contributed by atoms with E-state index in [0.29, 0.717) is 16.1 Å². The van der Waals surface area contributed by atoms with Crippen molar-refractivity contribution < 1.29 is 47.7 Å². The number of hydrogen-bond donors (Lipinski definition) is 1. The monoisotopic (exact) mass is 604 g/mol. The summed E-state index contributed by atoms with van der Waals surface area (Å²) in [6.07, 6.45) is -1.67. The van der Waals surface area contributed by atoms with Crippen molar-refractivity contribution in [1.29, 1.82) is 0 Å². The van der Waals surface area contributed by atoms with Crippen LogP contribution in [0.4, 0.5) is 4.79 Å². The van der Waals surface area contributed by atoms with Gasteiger partial charge in [0.1, 0.15) is 19.3 Å². The van der Waals surface area contributed by atoms with Crippen LogP contribution in [0.3, 0.4) is 0 Å². The van der Waals surface area contributed by atoms with Crippen LogP contribution in [0, 0.1) is 18.8 Å². The van der Waals surface area contributed by atoms with Gasteiger partial charge in [-0.05, 0) is 38.0 Å². The van der Waals surface area contributed by atoms with Crippen molar-refractivity contribution >= 4 is 41.6 Å². The summed E-state index contributed by atoms with van der Waals surface area (Å²) in [6.45, 7) is 7.30. The zero-order valence-electron chi connectivity index (χ0n) is 23.9. The third-order valence-corrected chi connectivity index (χ3v) is 6.78. The van der Waals surface area contributed by atoms with E-state index in [1.54, 1.807) is 52.0 Å². The van der Waals surface area contributed by atoms with Gasteiger partial charge in [0, 0.05) is 16.8 Å². The summed E-state index contributed by atoms with van der Waals surface area (Å²) in [6, 6.07) is 6.83. The number of esters is 3. The lowest BCUT2D eigenvalue weighted by atomic mass is 9.95. The van der Waals surface area contributed by atoms with Crippen molar-refractivity contribution in [1.82, 2.24) is 10.3 Å². The second-order valence-corrected chi connectivity index (χ2v) is 10.3. The predicted octanol–water partition coefficient (Wildman–Crippen LogP) is 3.94. The molecule has 1 aromatic carbocycles. The van der Waals surface area contributed by atoms with Crippen molar-refractivity contribution in [3.63, 3.8) is 0 Å². The Balaban J connectivity index is 1.76. The van der Waals surface area contributed by atoms with E-state index >= 15 is 0 Å². The number of rotatable bonds is 8. The smallest absolute Gasteiger partial charge is 0.463 e. The Labute approximate surface area is 247 Å². The van der Waals surface area contributed by atoms with Crippen LogP contribution in [0.25, 0.3) is 0 Å². The van der Waals surface area contributed by atoms with Gasteiger partial charge in [-0.1, -0.05) is 50.6 Å². The Bertz CT molecular complexity index is 1330. The molecular formula is C29H33ClN2O10. The highest BCUT2D eigenvalue weighted by Crippen LogP contribution is 2.25. The molecule has 12 nitrogen and oxygen atoms in total. The van der Waals surface area contributed by atoms with Gasteiger partial charge in [-0.15, -0.1) is 0 Å². The lowest BCUT2D eigenvalue weighted by Crippen LogP contribution is -2.47. The van der Waals surface area contributed by atoms with Gasteiger partial charge >= 0.3 is 24.1 Å². The number of hydrogen-bond acceptors (Lipinski definition) is 11. The fourth-order valence-corrected chi connectivity index (χ4v) is 4.20. The van der Waals surface area contributed by atoms with Gasteiger partial charge in [0.2, 0.25) is 0 Å². The first kappa shape index (κ1) is 32.3. The molecule has 1 aliphatic rings. The van der Waals surface area contributed by atoms with Gasteiger partial charge in [0.15, 0.2) is 23.6 Å². The average Bonchev–Trinajstić information content (AvgIpc) is 2.98. The van der Waals surface area contributed by atoms with Crippen LogP contribution in [0.1, 0.15) is 55.7 Å². The lowest BCUT2D eigenvalue weighted by Gasteiger charge is -2.29. The van der Waals surface area contributed by atoms with Gasteiger partial charge in [-0.25, -0.2) is 14.6 Å². The maximum Gasteiger partial charge on any atom is 0.514 e. The highest BCUT2D eigenvalue weighted by molar-refractivity contribution is 6.31. The van der Waals surface area contributed by atoms with Crippen LogP contribution in [-0.2, 0) is 39.9 Å². The molecule has 3 rings (SSSR count). The summed E-state index contributed by atoms with van der Waals surface area (Å²) in [7, 11) is 0. The first-order chi connectivity index (χ1) is 19.9. The topological polar surface area (TPSA) is 156 Å². The fourth-order valence-electron chi connectivity index (χ4n) is 4.01. The van der Waals surface area contributed by atoms with Crippen LogP contribution < -0.4 is 10.1 Å². The number of pyridine rings is 1. The number of carbonyl (C=O) groups is 5. The highest BCUT2D eigenvalue weighted by Gasteiger charge is 2.41. The minimum atomic E-state index is -1.44. The van der Waals surface area contributed by atoms with E-state index < -0.39 is 66.7 Å². The summed E-state index contributed by atoms with van der Waals surface area (Å²) in [5.41, 5.74) is 0.598. The van der Waals surface area contributed by atoms with Gasteiger partial charge in [0.25, 0.3) is 5.91 Å². The molecule has 4 atom stereocenters. The summed E-state index contributed by atoms with van der Waals surface area (Å²) in [5.74, 6) is -4.71. The molecule has 0 radical (unpaired) electrons. The molecule has 0 spiro atoms. The summed E-state index contributed by atoms with van der Waals surface area (Å²) < 4.78 is 26.8. The van der Waals surface area contributed by atoms with E-state index in [9.17, 15) is 24.0 Å². The number of ether oxygens (including phenoxy) is 5. The second kappa shape index (κ2) is 14.6. The predicted molar refractivity (Wildman–Crippen MR) is 148 cm³/mol. The van der Waals surface area contributed by atoms with Crippen molar-refractivity contribution in [2.75, 3.05) is 6.61 Å². The first-order valence-corrected chi connectivity index (χ1v) is 13.7. The standard InChI is InChI=1S/C29H33ClN2O10/c1-6-19-24(41-26(34)15(2)3)17(5)40-28(36)21(14-38-27(19)35)32-25(33)22-23(16(4)11-12-31-22)42-29(37)39-13-18-9-7-8-10-20(18)30/h7-12,15,17,19,21,24H,6,13-14H2,1-5H3,(H,32,33). The summed E-state index contributed by atoms with van der Waals surface area (Å²) in [5, 5.41) is 2.82. The summed E-state index contributed by atoms with van der Waals surface area (Å²) >= 11 is 6.09. The second-order valence-electron chi connectivity index (χ2n) is 9.91. The number of aryl methyl sites for hydroxylation is 1. The van der Waals surface area contributed by atoms with Crippen LogP contribution >= 0.6 is 11.6 Å². The number of carbonyl (C=O) groups excluding carboxylic acids is 5. The van der Waals surface area contributed by atoms with Crippen LogP contribution in [0.15, 0.2) is 36.5 Å². The Morgan fingerprint density at radius 2 is 1.86 bits per heavy atom. The van der Waals surface area contributed by atoms with Crippen LogP contribution in [0.5, 0.6) is 5.75 Å². The molecule has 1 fully saturated rings. The molecule has 1 N–H and O–H groups in total. The molecule has 4 unspecified atom stereocenters. The zero-order chi connectivity index (χ0) is 31.0. The average molecular weight is 605 g/mol. The molecule has 1 amide bonds. The highest BCUT2D eigenvalue weighted by atomic mass is 35.5. The number of benzene rings is 1. The van der Waals surface area contributed by atoms with Crippen LogP contribution in [-0.4, -0.2) is 59.8 Å². The quantitative estimate of drug-likeness (QED) is 0.344. The number of nitrogens with zero attached hydrogens (tertiary/aromatic N) is 1. The molecule has 13 heteroatoms. The maximum atomic E-state index is 13.2. The van der Waals surface area contributed by atoms with E-state index in [-0.39, 0.29) is 24.5 Å². The van der Waals surface area contributed by atoms with Crippen molar-refractivity contribution in [2.45, 2.75) is 65.9 Å². The zero-order valence-corrected chi connectivity index (χ0v) is 24.6. The Morgan fingerprint density at radius 1 is 1.14 bits per heavy atom. The summed E-state index contributed by atoms with van der Waals surface area (Å²) in [4.78, 5) is 67.9. The number of aromatic nitrogens is 1. The Hall–Kier alpha value is -4.19. The third kappa shape index (κ3) is 8.19. The number of halogens is 1. The molecule has 0 aliphatic carbocycles. The van der Waals surface area contributed by atoms with Gasteiger partial charge in [-0.3, -0.25) is 14.4 Å². The van der Waals surface area contributed by atoms with E-state index in [2.05, 4.69) is 10.3 Å². The molecule has 0 saturated carbocycles. The maximum absolute atomic E-state index is 13.2. The lowest BCUT2D eigenvalue weighted by molar-refractivity contribution is -0.176. The normalized spacial score (nSPS) is 20.7. The van der Waals surface area contributed by atoms with Crippen molar-refractivity contribution in [3.05, 3.63) is 58.4 Å². The van der Waals surface area contributed by atoms with E-state index in [1.807, 2.05) is 0 Å². The van der Waals surface area contributed by atoms with Gasteiger partial charge in [0.05, 0.1) is 11.8 Å². The SMILES string of the molecule is CCC1C(=O)OCC(NC(=O)c2nccc(C)c2OC(=O)OCc2ccccc2Cl)C(=O)OC(C)C1OC(=O)C(C)C. The molecule has 0 bridgehead atoms. The van der Waals surface area contributed by atoms with Crippen molar-refractivity contribution in [3.8, 4) is 5.75 Å². The molecule has 226 valence electrons. The third-order valence-electron chi connectivity index (χ3n) is 6.41. The molecular weight excluding hydrogens is 572 g/mol. The first-order valence-electron chi connectivity index (χ1n) is 13.3. The van der Waals surface area contributed by atoms with E-state index in [1.165, 1.54) is 19.2 Å². The van der Waals surface area contributed by atoms with E-state index in [4.69, 9.17) is 35.3 Å². The van der Waals surface area contributed by atoms with Gasteiger partial charge in [-0.2, -0.15) is 0 Å². The van der Waals surface area contributed by atoms with Crippen molar-refractivity contribution in [2.24, 2.45) is 11.8 Å². The minimum absolute atomic E-state index is 0.178. The molecule has 2 aromatic rings. The minimum Gasteiger partial charge on any atom is -0.463 e. The fraction of sp³-hybridized carbons (Fsp3) is 0.448. The largest absolute Gasteiger partial charge is 0.514 e. The molecule has 42 heavy (non-hydrogen) atoms. The molecule has 2 heterocycles. The number of nitrogens with one attached hydrogen (secondary N) is 1. The Morgan fingerprint density at radius 3 is 2.52 bits per heavy atom. The number of cyclic esters (lactones) is 2. The van der Waals surface area contributed by atoms with Gasteiger partial charge < -0.3 is 29.0 Å².